The standard InChI is InChI=1S/C12H16ClN3O3/c13-10-5-4-9(11(7-10)16(18)19)8-15-6-2-1-3-12(14)17/h4-5,7,15H,1-3,6,8H2,(H2,14,17). The number of halogens is 1. The molecule has 0 heterocycles. The van der Waals surface area contributed by atoms with Gasteiger partial charge in [-0.15, -0.1) is 0 Å². The number of primary amides is 1. The summed E-state index contributed by atoms with van der Waals surface area (Å²) in [7, 11) is 0. The van der Waals surface area contributed by atoms with Gasteiger partial charge in [-0.1, -0.05) is 11.6 Å². The molecular formula is C12H16ClN3O3. The zero-order chi connectivity index (χ0) is 14.3. The van der Waals surface area contributed by atoms with Gasteiger partial charge in [0.2, 0.25) is 5.91 Å². The number of nitro groups is 1. The van der Waals surface area contributed by atoms with Crippen LogP contribution in [0.3, 0.4) is 0 Å². The number of hydrogen-bond acceptors (Lipinski definition) is 4. The lowest BCUT2D eigenvalue weighted by Gasteiger charge is -2.05. The van der Waals surface area contributed by atoms with E-state index in [1.54, 1.807) is 12.1 Å². The van der Waals surface area contributed by atoms with Crippen molar-refractivity contribution in [1.29, 1.82) is 0 Å². The molecule has 0 saturated heterocycles. The highest BCUT2D eigenvalue weighted by Crippen LogP contribution is 2.22. The fourth-order valence-corrected chi connectivity index (χ4v) is 1.80. The lowest BCUT2D eigenvalue weighted by atomic mass is 10.1. The first kappa shape index (κ1) is 15.4. The molecule has 0 aliphatic rings. The van der Waals surface area contributed by atoms with Gasteiger partial charge in [0, 0.05) is 29.6 Å². The summed E-state index contributed by atoms with van der Waals surface area (Å²) in [5.74, 6) is -0.312. The molecule has 0 unspecified atom stereocenters. The van der Waals surface area contributed by atoms with Gasteiger partial charge in [0.25, 0.3) is 5.69 Å². The van der Waals surface area contributed by atoms with E-state index in [0.717, 1.165) is 6.42 Å². The second kappa shape index (κ2) is 7.70. The largest absolute Gasteiger partial charge is 0.370 e. The number of nitro benzene ring substituents is 1. The molecular weight excluding hydrogens is 270 g/mol. The maximum Gasteiger partial charge on any atom is 0.275 e. The maximum atomic E-state index is 10.9. The zero-order valence-electron chi connectivity index (χ0n) is 10.4. The van der Waals surface area contributed by atoms with E-state index in [9.17, 15) is 14.9 Å². The molecule has 3 N–H and O–H groups in total. The van der Waals surface area contributed by atoms with Crippen LogP contribution in [0, 0.1) is 10.1 Å². The summed E-state index contributed by atoms with van der Waals surface area (Å²) in [5, 5.41) is 14.3. The number of carbonyl (C=O) groups is 1. The molecule has 0 aromatic heterocycles. The van der Waals surface area contributed by atoms with Crippen molar-refractivity contribution in [3.05, 3.63) is 38.9 Å². The van der Waals surface area contributed by atoms with Gasteiger partial charge in [-0.25, -0.2) is 0 Å². The molecule has 0 fully saturated rings. The van der Waals surface area contributed by atoms with Gasteiger partial charge >= 0.3 is 0 Å². The van der Waals surface area contributed by atoms with Gasteiger partial charge in [0.1, 0.15) is 0 Å². The van der Waals surface area contributed by atoms with Crippen LogP contribution >= 0.6 is 11.6 Å². The number of carbonyl (C=O) groups excluding carboxylic acids is 1. The van der Waals surface area contributed by atoms with E-state index in [1.807, 2.05) is 0 Å². The van der Waals surface area contributed by atoms with Gasteiger partial charge < -0.3 is 11.1 Å². The van der Waals surface area contributed by atoms with Gasteiger partial charge in [0.15, 0.2) is 0 Å². The van der Waals surface area contributed by atoms with Crippen molar-refractivity contribution in [1.82, 2.24) is 5.32 Å². The molecule has 6 nitrogen and oxygen atoms in total. The highest BCUT2D eigenvalue weighted by atomic mass is 35.5. The molecule has 0 radical (unpaired) electrons. The predicted molar refractivity (Wildman–Crippen MR) is 72.9 cm³/mol. The smallest absolute Gasteiger partial charge is 0.275 e. The maximum absolute atomic E-state index is 10.9. The molecule has 0 saturated carbocycles. The Labute approximate surface area is 116 Å². The van der Waals surface area contributed by atoms with Crippen LogP contribution in [0.1, 0.15) is 24.8 Å². The van der Waals surface area contributed by atoms with Crippen LogP contribution in [-0.4, -0.2) is 17.4 Å². The van der Waals surface area contributed by atoms with Crippen molar-refractivity contribution in [2.75, 3.05) is 6.54 Å². The van der Waals surface area contributed by atoms with Crippen molar-refractivity contribution < 1.29 is 9.72 Å². The first-order valence-corrected chi connectivity index (χ1v) is 6.30. The number of nitrogens with zero attached hydrogens (tertiary/aromatic N) is 1. The number of unbranched alkanes of at least 4 members (excludes halogenated alkanes) is 1. The average Bonchev–Trinajstić information content (AvgIpc) is 2.34. The van der Waals surface area contributed by atoms with E-state index in [1.165, 1.54) is 6.07 Å². The Hall–Kier alpha value is -1.66. The van der Waals surface area contributed by atoms with Crippen molar-refractivity contribution >= 4 is 23.2 Å². The SMILES string of the molecule is NC(=O)CCCCNCc1ccc(Cl)cc1[N+](=O)[O-]. The van der Waals surface area contributed by atoms with Crippen LogP contribution in [0.15, 0.2) is 18.2 Å². The first-order chi connectivity index (χ1) is 9.00. The molecule has 0 bridgehead atoms. The molecule has 0 spiro atoms. The Morgan fingerprint density at radius 3 is 2.79 bits per heavy atom. The van der Waals surface area contributed by atoms with Crippen LogP contribution in [-0.2, 0) is 11.3 Å². The van der Waals surface area contributed by atoms with E-state index in [-0.39, 0.29) is 11.6 Å². The number of benzene rings is 1. The third kappa shape index (κ3) is 5.67. The Morgan fingerprint density at radius 2 is 2.16 bits per heavy atom. The number of nitrogens with one attached hydrogen (secondary N) is 1. The van der Waals surface area contributed by atoms with Crippen molar-refractivity contribution in [2.45, 2.75) is 25.8 Å². The highest BCUT2D eigenvalue weighted by molar-refractivity contribution is 6.30. The number of hydrogen-bond donors (Lipinski definition) is 2. The molecule has 1 aromatic rings. The average molecular weight is 286 g/mol. The van der Waals surface area contributed by atoms with E-state index >= 15 is 0 Å². The molecule has 19 heavy (non-hydrogen) atoms. The lowest BCUT2D eigenvalue weighted by molar-refractivity contribution is -0.385. The van der Waals surface area contributed by atoms with E-state index in [2.05, 4.69) is 5.32 Å². The minimum absolute atomic E-state index is 0.0112. The molecule has 1 aromatic carbocycles. The Balaban J connectivity index is 2.41. The van der Waals surface area contributed by atoms with Gasteiger partial charge in [-0.3, -0.25) is 14.9 Å². The second-order valence-corrected chi connectivity index (χ2v) is 4.57. The Morgan fingerprint density at radius 1 is 1.42 bits per heavy atom. The monoisotopic (exact) mass is 285 g/mol. The van der Waals surface area contributed by atoms with Crippen molar-refractivity contribution in [2.24, 2.45) is 5.73 Å². The predicted octanol–water partition coefficient (Wildman–Crippen LogP) is 1.99. The van der Waals surface area contributed by atoms with Gasteiger partial charge in [-0.05, 0) is 31.5 Å². The molecule has 0 atom stereocenters. The lowest BCUT2D eigenvalue weighted by Crippen LogP contribution is -2.17. The third-order valence-corrected chi connectivity index (χ3v) is 2.82. The summed E-state index contributed by atoms with van der Waals surface area (Å²) in [6.07, 6.45) is 1.87. The fraction of sp³-hybridized carbons (Fsp3) is 0.417. The first-order valence-electron chi connectivity index (χ1n) is 5.92. The van der Waals surface area contributed by atoms with Crippen LogP contribution in [0.5, 0.6) is 0 Å². The Bertz CT molecular complexity index is 466. The Kier molecular flexibility index (Phi) is 6.24. The summed E-state index contributed by atoms with van der Waals surface area (Å²) >= 11 is 5.72. The molecule has 7 heteroatoms. The van der Waals surface area contributed by atoms with Crippen LogP contribution in [0.25, 0.3) is 0 Å². The summed E-state index contributed by atoms with van der Waals surface area (Å²) in [4.78, 5) is 20.9. The minimum Gasteiger partial charge on any atom is -0.370 e. The van der Waals surface area contributed by atoms with Crippen molar-refractivity contribution in [3.63, 3.8) is 0 Å². The topological polar surface area (TPSA) is 98.3 Å². The second-order valence-electron chi connectivity index (χ2n) is 4.13. The number of amides is 1. The van der Waals surface area contributed by atoms with Crippen molar-refractivity contribution in [3.8, 4) is 0 Å². The molecule has 0 aliphatic carbocycles. The normalized spacial score (nSPS) is 10.4. The quantitative estimate of drug-likeness (QED) is 0.433. The molecule has 1 rings (SSSR count). The van der Waals surface area contributed by atoms with Crippen LogP contribution in [0.4, 0.5) is 5.69 Å². The molecule has 104 valence electrons. The van der Waals surface area contributed by atoms with Gasteiger partial charge in [-0.2, -0.15) is 0 Å². The van der Waals surface area contributed by atoms with E-state index in [0.29, 0.717) is 36.5 Å². The summed E-state index contributed by atoms with van der Waals surface area (Å²) in [6.45, 7) is 1.07. The molecule has 1 amide bonds. The van der Waals surface area contributed by atoms with Crippen LogP contribution in [0.2, 0.25) is 5.02 Å². The fourth-order valence-electron chi connectivity index (χ4n) is 1.63. The minimum atomic E-state index is -0.448. The number of nitrogens with two attached hydrogens (primary N) is 1. The summed E-state index contributed by atoms with van der Waals surface area (Å²) in [5.41, 5.74) is 5.62. The molecule has 0 aliphatic heterocycles. The van der Waals surface area contributed by atoms with Crippen LogP contribution < -0.4 is 11.1 Å². The summed E-state index contributed by atoms with van der Waals surface area (Å²) < 4.78 is 0. The summed E-state index contributed by atoms with van der Waals surface area (Å²) in [6, 6.07) is 4.60. The third-order valence-electron chi connectivity index (χ3n) is 2.59. The van der Waals surface area contributed by atoms with Gasteiger partial charge in [0.05, 0.1) is 4.92 Å². The van der Waals surface area contributed by atoms with E-state index < -0.39 is 4.92 Å². The highest BCUT2D eigenvalue weighted by Gasteiger charge is 2.13. The van der Waals surface area contributed by atoms with E-state index in [4.69, 9.17) is 17.3 Å². The zero-order valence-corrected chi connectivity index (χ0v) is 11.2. The number of rotatable bonds is 8.